The Morgan fingerprint density at radius 1 is 1.10 bits per heavy atom. The zero-order valence-electron chi connectivity index (χ0n) is 18.3. The number of benzene rings is 2. The fraction of sp³-hybridized carbons (Fsp3) is 0.417. The number of carbonyl (C=O) groups excluding carboxylic acids is 2. The third-order valence-corrected chi connectivity index (χ3v) is 6.64. The van der Waals surface area contributed by atoms with Crippen molar-refractivity contribution in [2.45, 2.75) is 52.0 Å². The molecule has 0 saturated heterocycles. The molecular weight excluding hydrogens is 451 g/mol. The second kappa shape index (κ2) is 13.0. The van der Waals surface area contributed by atoms with Crippen LogP contribution in [0.15, 0.2) is 42.5 Å². The lowest BCUT2D eigenvalue weighted by Crippen LogP contribution is -2.48. The molecule has 0 aliphatic heterocycles. The molecule has 0 bridgehead atoms. The van der Waals surface area contributed by atoms with Gasteiger partial charge in [-0.05, 0) is 43.5 Å². The zero-order valence-corrected chi connectivity index (χ0v) is 20.6. The van der Waals surface area contributed by atoms with Crippen molar-refractivity contribution in [1.82, 2.24) is 10.2 Å². The van der Waals surface area contributed by atoms with Gasteiger partial charge >= 0.3 is 0 Å². The molecule has 2 rings (SSSR count). The number of nitrogens with zero attached hydrogens (tertiary/aromatic N) is 1. The first-order chi connectivity index (χ1) is 14.8. The number of hydrogen-bond acceptors (Lipinski definition) is 3. The summed E-state index contributed by atoms with van der Waals surface area (Å²) < 4.78 is 0. The highest BCUT2D eigenvalue weighted by molar-refractivity contribution is 7.99. The first-order valence-corrected chi connectivity index (χ1v) is 12.4. The summed E-state index contributed by atoms with van der Waals surface area (Å²) in [6.07, 6.45) is 1.90. The maximum Gasteiger partial charge on any atom is 0.242 e. The van der Waals surface area contributed by atoms with Crippen LogP contribution in [0.1, 0.15) is 43.4 Å². The van der Waals surface area contributed by atoms with E-state index in [-0.39, 0.29) is 11.8 Å². The van der Waals surface area contributed by atoms with Crippen LogP contribution >= 0.6 is 35.0 Å². The Bertz CT molecular complexity index is 892. The summed E-state index contributed by atoms with van der Waals surface area (Å²) in [5, 5.41) is 3.82. The monoisotopic (exact) mass is 480 g/mol. The lowest BCUT2D eigenvalue weighted by molar-refractivity contribution is -0.138. The first-order valence-electron chi connectivity index (χ1n) is 10.5. The Hall–Kier alpha value is -1.69. The summed E-state index contributed by atoms with van der Waals surface area (Å²) in [5.41, 5.74) is 3.21. The van der Waals surface area contributed by atoms with Gasteiger partial charge in [-0.15, -0.1) is 11.8 Å². The molecule has 7 heteroatoms. The highest BCUT2D eigenvalue weighted by atomic mass is 35.5. The van der Waals surface area contributed by atoms with E-state index in [2.05, 4.69) is 37.4 Å². The summed E-state index contributed by atoms with van der Waals surface area (Å²) in [4.78, 5) is 27.4. The molecule has 0 aromatic heterocycles. The van der Waals surface area contributed by atoms with Crippen LogP contribution in [0.5, 0.6) is 0 Å². The van der Waals surface area contributed by atoms with E-state index in [9.17, 15) is 9.59 Å². The highest BCUT2D eigenvalue weighted by Crippen LogP contribution is 2.24. The average molecular weight is 481 g/mol. The quantitative estimate of drug-likeness (QED) is 0.409. The molecule has 0 saturated carbocycles. The van der Waals surface area contributed by atoms with Crippen molar-refractivity contribution in [3.8, 4) is 0 Å². The topological polar surface area (TPSA) is 49.4 Å². The van der Waals surface area contributed by atoms with E-state index in [1.807, 2.05) is 12.1 Å². The molecule has 1 atom stereocenters. The van der Waals surface area contributed by atoms with Crippen molar-refractivity contribution in [2.24, 2.45) is 0 Å². The number of aryl methyl sites for hydroxylation is 1. The van der Waals surface area contributed by atoms with Crippen molar-refractivity contribution in [1.29, 1.82) is 0 Å². The minimum absolute atomic E-state index is 0.0816. The molecule has 4 nitrogen and oxygen atoms in total. The molecule has 0 radical (unpaired) electrons. The van der Waals surface area contributed by atoms with E-state index in [1.165, 1.54) is 11.1 Å². The van der Waals surface area contributed by atoms with Crippen LogP contribution in [-0.4, -0.2) is 35.1 Å². The fourth-order valence-electron chi connectivity index (χ4n) is 3.09. The molecule has 0 spiro atoms. The average Bonchev–Trinajstić information content (AvgIpc) is 2.74. The minimum Gasteiger partial charge on any atom is -0.354 e. The number of thioether (sulfide) groups is 1. The largest absolute Gasteiger partial charge is 0.354 e. The predicted octanol–water partition coefficient (Wildman–Crippen LogP) is 5.87. The van der Waals surface area contributed by atoms with Crippen molar-refractivity contribution in [3.05, 3.63) is 69.2 Å². The van der Waals surface area contributed by atoms with E-state index in [1.54, 1.807) is 35.7 Å². The van der Waals surface area contributed by atoms with Gasteiger partial charge in [0, 0.05) is 18.8 Å². The Morgan fingerprint density at radius 2 is 1.87 bits per heavy atom. The smallest absolute Gasteiger partial charge is 0.242 e. The number of hydrogen-bond donors (Lipinski definition) is 1. The third-order valence-electron chi connectivity index (χ3n) is 4.91. The van der Waals surface area contributed by atoms with Crippen LogP contribution < -0.4 is 5.32 Å². The first kappa shape index (κ1) is 25.6. The van der Waals surface area contributed by atoms with Gasteiger partial charge in [0.2, 0.25) is 11.8 Å². The van der Waals surface area contributed by atoms with Gasteiger partial charge in [0.1, 0.15) is 6.04 Å². The standard InChI is InChI=1S/C24H30Cl2N2O2S/c1-4-5-11-27-24(30)18(3)28(14-19-9-10-21(25)22(26)13-19)23(29)16-31-15-20-8-6-7-17(2)12-20/h6-10,12-13,18H,4-5,11,14-16H2,1-3H3,(H,27,30)/t18-/m1/s1. The van der Waals surface area contributed by atoms with Crippen LogP contribution in [-0.2, 0) is 21.9 Å². The lowest BCUT2D eigenvalue weighted by atomic mass is 10.1. The highest BCUT2D eigenvalue weighted by Gasteiger charge is 2.26. The Labute approximate surface area is 199 Å². The molecule has 0 aliphatic rings. The fourth-order valence-corrected chi connectivity index (χ4v) is 4.27. The molecule has 1 N–H and O–H groups in total. The molecule has 0 aliphatic carbocycles. The Kier molecular flexibility index (Phi) is 10.7. The molecule has 2 aromatic carbocycles. The van der Waals surface area contributed by atoms with Crippen LogP contribution in [0.4, 0.5) is 0 Å². The van der Waals surface area contributed by atoms with E-state index in [0.717, 1.165) is 24.2 Å². The zero-order chi connectivity index (χ0) is 22.8. The van der Waals surface area contributed by atoms with Crippen molar-refractivity contribution >= 4 is 46.8 Å². The lowest BCUT2D eigenvalue weighted by Gasteiger charge is -2.29. The van der Waals surface area contributed by atoms with Crippen LogP contribution in [0.2, 0.25) is 10.0 Å². The molecule has 0 heterocycles. The molecule has 2 aromatic rings. The minimum atomic E-state index is -0.585. The van der Waals surface area contributed by atoms with Gasteiger partial charge in [0.15, 0.2) is 0 Å². The van der Waals surface area contributed by atoms with Gasteiger partial charge in [-0.25, -0.2) is 0 Å². The molecule has 2 amide bonds. The number of rotatable bonds is 11. The van der Waals surface area contributed by atoms with Crippen molar-refractivity contribution < 1.29 is 9.59 Å². The van der Waals surface area contributed by atoms with E-state index < -0.39 is 6.04 Å². The molecule has 168 valence electrons. The van der Waals surface area contributed by atoms with Crippen LogP contribution in [0.25, 0.3) is 0 Å². The summed E-state index contributed by atoms with van der Waals surface area (Å²) in [5.74, 6) is 0.805. The summed E-state index contributed by atoms with van der Waals surface area (Å²) in [7, 11) is 0. The maximum atomic E-state index is 13.1. The number of unbranched alkanes of at least 4 members (excludes halogenated alkanes) is 1. The second-order valence-corrected chi connectivity index (χ2v) is 9.37. The Balaban J connectivity index is 2.07. The SMILES string of the molecule is CCCCNC(=O)[C@@H](C)N(Cc1ccc(Cl)c(Cl)c1)C(=O)CSCc1cccc(C)c1. The molecular formula is C24H30Cl2N2O2S. The van der Waals surface area contributed by atoms with Crippen molar-refractivity contribution in [3.63, 3.8) is 0 Å². The van der Waals surface area contributed by atoms with Crippen LogP contribution in [0, 0.1) is 6.92 Å². The second-order valence-electron chi connectivity index (χ2n) is 7.57. The molecule has 0 unspecified atom stereocenters. The van der Waals surface area contributed by atoms with Gasteiger partial charge in [-0.3, -0.25) is 9.59 Å². The van der Waals surface area contributed by atoms with Crippen molar-refractivity contribution in [2.75, 3.05) is 12.3 Å². The van der Waals surface area contributed by atoms with Gasteiger partial charge < -0.3 is 10.2 Å². The van der Waals surface area contributed by atoms with Crippen LogP contribution in [0.3, 0.4) is 0 Å². The number of nitrogens with one attached hydrogen (secondary N) is 1. The Morgan fingerprint density at radius 3 is 2.55 bits per heavy atom. The van der Waals surface area contributed by atoms with E-state index in [0.29, 0.717) is 28.9 Å². The maximum absolute atomic E-state index is 13.1. The van der Waals surface area contributed by atoms with E-state index in [4.69, 9.17) is 23.2 Å². The number of amides is 2. The normalized spacial score (nSPS) is 11.8. The van der Waals surface area contributed by atoms with Gasteiger partial charge in [0.25, 0.3) is 0 Å². The molecule has 0 fully saturated rings. The van der Waals surface area contributed by atoms with Gasteiger partial charge in [-0.2, -0.15) is 0 Å². The summed E-state index contributed by atoms with van der Waals surface area (Å²) in [6.45, 7) is 6.79. The number of carbonyl (C=O) groups is 2. The summed E-state index contributed by atoms with van der Waals surface area (Å²) in [6, 6.07) is 12.9. The molecule has 31 heavy (non-hydrogen) atoms. The van der Waals surface area contributed by atoms with Gasteiger partial charge in [-0.1, -0.05) is 72.4 Å². The van der Waals surface area contributed by atoms with E-state index >= 15 is 0 Å². The number of halogens is 2. The van der Waals surface area contributed by atoms with Gasteiger partial charge in [0.05, 0.1) is 15.8 Å². The third kappa shape index (κ3) is 8.40. The predicted molar refractivity (Wildman–Crippen MR) is 132 cm³/mol. The summed E-state index contributed by atoms with van der Waals surface area (Å²) >= 11 is 13.7.